The number of anilines is 2. The summed E-state index contributed by atoms with van der Waals surface area (Å²) in [4.78, 5) is 22.7. The Labute approximate surface area is 153 Å². The zero-order chi connectivity index (χ0) is 17.9. The molecule has 26 heavy (non-hydrogen) atoms. The highest BCUT2D eigenvalue weighted by Crippen LogP contribution is 2.27. The van der Waals surface area contributed by atoms with Crippen LogP contribution in [0.5, 0.6) is 0 Å². The van der Waals surface area contributed by atoms with Crippen molar-refractivity contribution in [3.63, 3.8) is 0 Å². The molecule has 5 nitrogen and oxygen atoms in total. The fourth-order valence-electron chi connectivity index (χ4n) is 3.76. The maximum atomic E-state index is 13.3. The molecule has 0 N–H and O–H groups in total. The van der Waals surface area contributed by atoms with Gasteiger partial charge in [0.15, 0.2) is 0 Å². The van der Waals surface area contributed by atoms with Gasteiger partial charge < -0.3 is 9.80 Å². The Morgan fingerprint density at radius 1 is 0.923 bits per heavy atom. The average molecular weight is 354 g/mol. The van der Waals surface area contributed by atoms with Crippen LogP contribution in [-0.4, -0.2) is 55.1 Å². The van der Waals surface area contributed by atoms with Gasteiger partial charge >= 0.3 is 0 Å². The van der Waals surface area contributed by atoms with Crippen molar-refractivity contribution >= 4 is 17.4 Å². The van der Waals surface area contributed by atoms with Crippen molar-refractivity contribution in [1.82, 2.24) is 9.88 Å². The van der Waals surface area contributed by atoms with Crippen LogP contribution in [0.3, 0.4) is 0 Å². The Hall–Kier alpha value is -2.47. The molecule has 1 aromatic heterocycles. The molecule has 0 spiro atoms. The third-order valence-corrected chi connectivity index (χ3v) is 5.23. The van der Waals surface area contributed by atoms with Crippen molar-refractivity contribution in [3.05, 3.63) is 54.0 Å². The van der Waals surface area contributed by atoms with Gasteiger partial charge in [-0.1, -0.05) is 24.3 Å². The van der Waals surface area contributed by atoms with Crippen LogP contribution in [0.1, 0.15) is 12.0 Å². The van der Waals surface area contributed by atoms with Crippen LogP contribution in [0.4, 0.5) is 15.9 Å². The summed E-state index contributed by atoms with van der Waals surface area (Å²) >= 11 is 0. The van der Waals surface area contributed by atoms with Crippen LogP contribution in [0.25, 0.3) is 0 Å². The highest BCUT2D eigenvalue weighted by molar-refractivity contribution is 5.96. The molecule has 2 aliphatic rings. The fourth-order valence-corrected chi connectivity index (χ4v) is 3.76. The van der Waals surface area contributed by atoms with E-state index in [0.717, 1.165) is 44.8 Å². The number of aromatic nitrogens is 1. The second kappa shape index (κ2) is 7.41. The number of amides is 1. The van der Waals surface area contributed by atoms with Gasteiger partial charge in [-0.15, -0.1) is 0 Å². The maximum Gasteiger partial charge on any atom is 0.227 e. The van der Waals surface area contributed by atoms with E-state index in [-0.39, 0.29) is 5.91 Å². The zero-order valence-corrected chi connectivity index (χ0v) is 14.8. The number of hydrogen-bond acceptors (Lipinski definition) is 4. The highest BCUT2D eigenvalue weighted by Gasteiger charge is 2.25. The summed E-state index contributed by atoms with van der Waals surface area (Å²) in [6.45, 7) is 4.99. The van der Waals surface area contributed by atoms with Crippen LogP contribution in [0.15, 0.2) is 42.5 Å². The molecule has 2 aliphatic heterocycles. The van der Waals surface area contributed by atoms with Crippen molar-refractivity contribution in [2.75, 3.05) is 49.1 Å². The van der Waals surface area contributed by atoms with Gasteiger partial charge in [0.25, 0.3) is 0 Å². The number of pyridine rings is 1. The molecule has 0 unspecified atom stereocenters. The van der Waals surface area contributed by atoms with Crippen molar-refractivity contribution < 1.29 is 9.18 Å². The van der Waals surface area contributed by atoms with Gasteiger partial charge in [0.1, 0.15) is 5.82 Å². The van der Waals surface area contributed by atoms with Crippen LogP contribution in [-0.2, 0) is 11.2 Å². The SMILES string of the molecule is O=C1CCc2ccccc2N1CCN1CCN(c2cccc(F)n2)CC1. The van der Waals surface area contributed by atoms with Gasteiger partial charge in [0.05, 0.1) is 0 Å². The molecule has 1 fully saturated rings. The minimum Gasteiger partial charge on any atom is -0.354 e. The molecule has 136 valence electrons. The number of nitrogens with zero attached hydrogens (tertiary/aromatic N) is 4. The van der Waals surface area contributed by atoms with Crippen LogP contribution >= 0.6 is 0 Å². The molecule has 0 radical (unpaired) electrons. The number of halogens is 1. The van der Waals surface area contributed by atoms with Crippen molar-refractivity contribution in [1.29, 1.82) is 0 Å². The molecule has 4 rings (SSSR count). The number of carbonyl (C=O) groups excluding carboxylic acids is 1. The van der Waals surface area contributed by atoms with E-state index in [1.54, 1.807) is 6.07 Å². The van der Waals surface area contributed by atoms with Gasteiger partial charge in [-0.3, -0.25) is 9.69 Å². The number of piperazine rings is 1. The molecule has 0 saturated carbocycles. The molecule has 6 heteroatoms. The minimum atomic E-state index is -0.438. The van der Waals surface area contributed by atoms with Crippen LogP contribution < -0.4 is 9.80 Å². The molecule has 1 aromatic carbocycles. The minimum absolute atomic E-state index is 0.214. The summed E-state index contributed by atoms with van der Waals surface area (Å²) in [5.41, 5.74) is 2.32. The summed E-state index contributed by atoms with van der Waals surface area (Å²) in [5.74, 6) is 0.475. The first-order valence-electron chi connectivity index (χ1n) is 9.19. The lowest BCUT2D eigenvalue weighted by molar-refractivity contribution is -0.118. The fraction of sp³-hybridized carbons (Fsp3) is 0.400. The Morgan fingerprint density at radius 3 is 2.54 bits per heavy atom. The second-order valence-corrected chi connectivity index (χ2v) is 6.82. The lowest BCUT2D eigenvalue weighted by Gasteiger charge is -2.37. The Morgan fingerprint density at radius 2 is 1.73 bits per heavy atom. The largest absolute Gasteiger partial charge is 0.354 e. The average Bonchev–Trinajstić information content (AvgIpc) is 2.68. The van der Waals surface area contributed by atoms with E-state index in [1.165, 1.54) is 11.6 Å². The van der Waals surface area contributed by atoms with Crippen molar-refractivity contribution in [2.45, 2.75) is 12.8 Å². The van der Waals surface area contributed by atoms with Crippen LogP contribution in [0, 0.1) is 5.95 Å². The normalized spacial score (nSPS) is 18.1. The van der Waals surface area contributed by atoms with Gasteiger partial charge in [-0.05, 0) is 30.2 Å². The van der Waals surface area contributed by atoms with E-state index in [2.05, 4.69) is 20.9 Å². The number of hydrogen-bond donors (Lipinski definition) is 0. The lowest BCUT2D eigenvalue weighted by atomic mass is 10.0. The number of benzene rings is 1. The van der Waals surface area contributed by atoms with Crippen LogP contribution in [0.2, 0.25) is 0 Å². The molecular weight excluding hydrogens is 331 g/mol. The van der Waals surface area contributed by atoms with E-state index in [4.69, 9.17) is 0 Å². The van der Waals surface area contributed by atoms with Crippen molar-refractivity contribution in [2.24, 2.45) is 0 Å². The Kier molecular flexibility index (Phi) is 4.84. The van der Waals surface area contributed by atoms with Gasteiger partial charge in [0, 0.05) is 51.4 Å². The molecule has 0 atom stereocenters. The number of para-hydroxylation sites is 1. The number of aryl methyl sites for hydroxylation is 1. The maximum absolute atomic E-state index is 13.3. The van der Waals surface area contributed by atoms with Gasteiger partial charge in [-0.2, -0.15) is 4.39 Å². The molecule has 1 amide bonds. The standard InChI is InChI=1S/C20H23FN4O/c21-18-6-3-7-19(22-18)24-13-10-23(11-14-24)12-15-25-17-5-2-1-4-16(17)8-9-20(25)26/h1-7H,8-15H2. The number of fused-ring (bicyclic) bond motifs is 1. The summed E-state index contributed by atoms with van der Waals surface area (Å²) in [5, 5.41) is 0. The first-order chi connectivity index (χ1) is 12.7. The highest BCUT2D eigenvalue weighted by atomic mass is 19.1. The quantitative estimate of drug-likeness (QED) is 0.790. The topological polar surface area (TPSA) is 39.7 Å². The first-order valence-corrected chi connectivity index (χ1v) is 9.19. The summed E-state index contributed by atoms with van der Waals surface area (Å²) in [7, 11) is 0. The van der Waals surface area contributed by atoms with E-state index in [1.807, 2.05) is 29.2 Å². The molecule has 0 bridgehead atoms. The van der Waals surface area contributed by atoms with Crippen molar-refractivity contribution in [3.8, 4) is 0 Å². The van der Waals surface area contributed by atoms with Gasteiger partial charge in [-0.25, -0.2) is 4.98 Å². The summed E-state index contributed by atoms with van der Waals surface area (Å²) in [6.07, 6.45) is 1.43. The van der Waals surface area contributed by atoms with Gasteiger partial charge in [0.2, 0.25) is 11.9 Å². The molecule has 3 heterocycles. The third kappa shape index (κ3) is 3.55. The smallest absolute Gasteiger partial charge is 0.227 e. The first kappa shape index (κ1) is 17.0. The monoisotopic (exact) mass is 354 g/mol. The Bertz CT molecular complexity index is 789. The molecule has 2 aromatic rings. The van der Waals surface area contributed by atoms with E-state index < -0.39 is 5.95 Å². The predicted molar refractivity (Wildman–Crippen MR) is 100.0 cm³/mol. The predicted octanol–water partition coefficient (Wildman–Crippen LogP) is 2.32. The molecule has 0 aliphatic carbocycles. The lowest BCUT2D eigenvalue weighted by Crippen LogP contribution is -2.49. The third-order valence-electron chi connectivity index (χ3n) is 5.23. The number of rotatable bonds is 4. The van der Waals surface area contributed by atoms with E-state index in [9.17, 15) is 9.18 Å². The zero-order valence-electron chi connectivity index (χ0n) is 14.8. The number of carbonyl (C=O) groups is 1. The molecular formula is C20H23FN4O. The molecule has 1 saturated heterocycles. The Balaban J connectivity index is 1.33. The van der Waals surface area contributed by atoms with E-state index >= 15 is 0 Å². The summed E-state index contributed by atoms with van der Waals surface area (Å²) < 4.78 is 13.3. The second-order valence-electron chi connectivity index (χ2n) is 6.82. The van der Waals surface area contributed by atoms with E-state index in [0.29, 0.717) is 18.8 Å². The summed E-state index contributed by atoms with van der Waals surface area (Å²) in [6, 6.07) is 13.1.